The number of amides is 1. The van der Waals surface area contributed by atoms with Crippen molar-refractivity contribution >= 4 is 13.7 Å². The molecule has 1 amide bonds. The van der Waals surface area contributed by atoms with Crippen molar-refractivity contribution in [1.29, 1.82) is 0 Å². The lowest BCUT2D eigenvalue weighted by Gasteiger charge is -2.29. The summed E-state index contributed by atoms with van der Waals surface area (Å²) >= 11 is 0. The molecule has 0 aliphatic carbocycles. The summed E-state index contributed by atoms with van der Waals surface area (Å²) < 4.78 is 23.0. The molecule has 0 radical (unpaired) electrons. The second-order valence-corrected chi connectivity index (χ2v) is 15.0. The number of aliphatic hydroxyl groups excluding tert-OH is 1. The van der Waals surface area contributed by atoms with Gasteiger partial charge in [0.05, 0.1) is 39.9 Å². The molecule has 45 heavy (non-hydrogen) atoms. The lowest BCUT2D eigenvalue weighted by Crippen LogP contribution is -2.45. The molecule has 0 aromatic heterocycles. The van der Waals surface area contributed by atoms with Gasteiger partial charge in [-0.05, 0) is 19.3 Å². The van der Waals surface area contributed by atoms with Crippen LogP contribution in [-0.2, 0) is 18.4 Å². The Hall–Kier alpha value is -1.02. The van der Waals surface area contributed by atoms with Crippen molar-refractivity contribution in [3.8, 4) is 0 Å². The molecule has 0 saturated carbocycles. The Bertz CT molecular complexity index is 799. The van der Waals surface area contributed by atoms with Gasteiger partial charge >= 0.3 is 0 Å². The number of hydrogen-bond donors (Lipinski definition) is 2. The first-order valence-corrected chi connectivity index (χ1v) is 19.7. The van der Waals surface area contributed by atoms with Crippen LogP contribution in [0.4, 0.5) is 0 Å². The third kappa shape index (κ3) is 31.4. The van der Waals surface area contributed by atoms with Gasteiger partial charge in [-0.3, -0.25) is 9.36 Å². The van der Waals surface area contributed by atoms with Crippen LogP contribution in [-0.4, -0.2) is 68.5 Å². The molecule has 3 atom stereocenters. The highest BCUT2D eigenvalue weighted by Crippen LogP contribution is 2.38. The normalized spacial score (nSPS) is 15.1. The number of nitrogens with one attached hydrogen (secondary N) is 1. The molecule has 8 nitrogen and oxygen atoms in total. The van der Waals surface area contributed by atoms with Crippen molar-refractivity contribution in [2.45, 2.75) is 161 Å². The van der Waals surface area contributed by atoms with Crippen LogP contribution in [0.1, 0.15) is 149 Å². The first-order valence-electron chi connectivity index (χ1n) is 18.2. The van der Waals surface area contributed by atoms with Gasteiger partial charge in [-0.25, -0.2) is 0 Å². The lowest BCUT2D eigenvalue weighted by molar-refractivity contribution is -0.870. The number of phosphoric acid groups is 1. The van der Waals surface area contributed by atoms with Crippen molar-refractivity contribution in [2.24, 2.45) is 0 Å². The fourth-order valence-corrected chi connectivity index (χ4v) is 5.70. The number of quaternary nitrogens is 1. The van der Waals surface area contributed by atoms with E-state index in [9.17, 15) is 19.4 Å². The number of likely N-dealkylation sites (N-methyl/N-ethyl adjacent to an activating group) is 1. The number of rotatable bonds is 32. The van der Waals surface area contributed by atoms with Gasteiger partial charge in [-0.15, -0.1) is 0 Å². The molecule has 0 rings (SSSR count). The Morgan fingerprint density at radius 3 is 1.78 bits per heavy atom. The number of hydrogen-bond acceptors (Lipinski definition) is 6. The maximum atomic E-state index is 12.7. The van der Waals surface area contributed by atoms with Crippen LogP contribution in [0.2, 0.25) is 0 Å². The zero-order valence-corrected chi connectivity index (χ0v) is 30.7. The van der Waals surface area contributed by atoms with E-state index in [1.165, 1.54) is 96.3 Å². The zero-order valence-electron chi connectivity index (χ0n) is 29.8. The van der Waals surface area contributed by atoms with Crippen LogP contribution in [0.5, 0.6) is 0 Å². The number of allylic oxidation sites excluding steroid dienone is 3. The van der Waals surface area contributed by atoms with Crippen molar-refractivity contribution < 1.29 is 32.9 Å². The molecular formula is C36H71N2O6P. The maximum absolute atomic E-state index is 12.7. The van der Waals surface area contributed by atoms with E-state index < -0.39 is 26.6 Å². The van der Waals surface area contributed by atoms with E-state index >= 15 is 0 Å². The van der Waals surface area contributed by atoms with Crippen molar-refractivity contribution in [3.63, 3.8) is 0 Å². The number of carbonyl (C=O) groups is 1. The van der Waals surface area contributed by atoms with Gasteiger partial charge in [0.2, 0.25) is 5.91 Å². The summed E-state index contributed by atoms with van der Waals surface area (Å²) in [5, 5.41) is 13.6. The molecule has 0 aliphatic rings. The molecule has 1 unspecified atom stereocenters. The number of carbonyl (C=O) groups excluding carboxylic acids is 1. The van der Waals surface area contributed by atoms with Gasteiger partial charge in [0.15, 0.2) is 0 Å². The number of phosphoric ester groups is 1. The summed E-state index contributed by atoms with van der Waals surface area (Å²) in [4.78, 5) is 25.0. The van der Waals surface area contributed by atoms with Crippen LogP contribution in [0.15, 0.2) is 24.3 Å². The molecule has 0 aromatic rings. The van der Waals surface area contributed by atoms with Gasteiger partial charge in [-0.2, -0.15) is 0 Å². The Balaban J connectivity index is 4.60. The van der Waals surface area contributed by atoms with E-state index in [0.717, 1.165) is 32.1 Å². The van der Waals surface area contributed by atoms with Crippen LogP contribution < -0.4 is 10.2 Å². The molecule has 266 valence electrons. The van der Waals surface area contributed by atoms with Crippen LogP contribution in [0, 0.1) is 0 Å². The third-order valence-electron chi connectivity index (χ3n) is 7.97. The molecule has 0 aromatic carbocycles. The van der Waals surface area contributed by atoms with E-state index in [0.29, 0.717) is 17.4 Å². The molecule has 0 fully saturated rings. The topological polar surface area (TPSA) is 108 Å². The largest absolute Gasteiger partial charge is 0.756 e. The molecule has 0 spiro atoms. The summed E-state index contributed by atoms with van der Waals surface area (Å²) in [6, 6.07) is -0.910. The molecule has 0 aliphatic heterocycles. The standard InChI is InChI=1S/C36H71N2O6P/c1-6-8-10-12-14-16-18-19-20-22-24-26-28-30-36(40)37-34(33-44-45(41,42)43-32-31-38(3,4)5)35(39)29-27-25-23-21-17-15-13-11-9-7-2/h23,25,27,29,34-35,39H,6-22,24,26,28,30-33H2,1-5H3,(H-,37,40,41,42)/b25-23+,29-27+/t34-,35+/m0/s1. The molecule has 2 N–H and O–H groups in total. The molecular weight excluding hydrogens is 587 g/mol. The summed E-state index contributed by atoms with van der Waals surface area (Å²) in [6.45, 7) is 4.55. The monoisotopic (exact) mass is 659 g/mol. The van der Waals surface area contributed by atoms with Crippen molar-refractivity contribution in [3.05, 3.63) is 24.3 Å². The minimum absolute atomic E-state index is 0.00773. The third-order valence-corrected chi connectivity index (χ3v) is 8.93. The Morgan fingerprint density at radius 1 is 0.778 bits per heavy atom. The number of unbranched alkanes of at least 4 members (excludes halogenated alkanes) is 18. The SMILES string of the molecule is CCCCCCCC/C=C/C=C/[C@@H](O)[C@H](COP(=O)([O-])OCC[N+](C)(C)C)NC(=O)CCCCCCCCCCCCCCC. The number of nitrogens with zero attached hydrogens (tertiary/aromatic N) is 1. The smallest absolute Gasteiger partial charge is 0.268 e. The molecule has 0 bridgehead atoms. The maximum Gasteiger partial charge on any atom is 0.268 e. The van der Waals surface area contributed by atoms with E-state index in [1.807, 2.05) is 27.2 Å². The molecule has 0 heterocycles. The first-order chi connectivity index (χ1) is 21.5. The Kier molecular flexibility index (Phi) is 28.5. The first kappa shape index (κ1) is 44.0. The van der Waals surface area contributed by atoms with Crippen molar-refractivity contribution in [1.82, 2.24) is 5.32 Å². The summed E-state index contributed by atoms with van der Waals surface area (Å²) in [6.07, 6.45) is 30.9. The quantitative estimate of drug-likeness (QED) is 0.0325. The molecule has 0 saturated heterocycles. The Labute approximate surface area is 277 Å². The van der Waals surface area contributed by atoms with Gasteiger partial charge < -0.3 is 28.8 Å². The fraction of sp³-hybridized carbons (Fsp3) is 0.861. The minimum atomic E-state index is -4.58. The average molecular weight is 659 g/mol. The number of aliphatic hydroxyl groups is 1. The summed E-state index contributed by atoms with van der Waals surface area (Å²) in [7, 11) is 1.23. The predicted molar refractivity (Wildman–Crippen MR) is 187 cm³/mol. The fourth-order valence-electron chi connectivity index (χ4n) is 4.97. The van der Waals surface area contributed by atoms with Crippen LogP contribution in [0.3, 0.4) is 0 Å². The van der Waals surface area contributed by atoms with Gasteiger partial charge in [0.25, 0.3) is 7.82 Å². The Morgan fingerprint density at radius 2 is 1.27 bits per heavy atom. The lowest BCUT2D eigenvalue weighted by atomic mass is 10.0. The van der Waals surface area contributed by atoms with Gasteiger partial charge in [0, 0.05) is 6.42 Å². The van der Waals surface area contributed by atoms with E-state index in [1.54, 1.807) is 12.2 Å². The van der Waals surface area contributed by atoms with Crippen molar-refractivity contribution in [2.75, 3.05) is 40.9 Å². The second kappa shape index (κ2) is 29.1. The second-order valence-electron chi connectivity index (χ2n) is 13.6. The van der Waals surface area contributed by atoms with Gasteiger partial charge in [-0.1, -0.05) is 147 Å². The highest BCUT2D eigenvalue weighted by Gasteiger charge is 2.23. The summed E-state index contributed by atoms with van der Waals surface area (Å²) in [5.41, 5.74) is 0. The average Bonchev–Trinajstić information content (AvgIpc) is 2.97. The van der Waals surface area contributed by atoms with Crippen LogP contribution >= 0.6 is 7.82 Å². The van der Waals surface area contributed by atoms with Crippen LogP contribution in [0.25, 0.3) is 0 Å². The highest BCUT2D eigenvalue weighted by molar-refractivity contribution is 7.45. The highest BCUT2D eigenvalue weighted by atomic mass is 31.2. The van der Waals surface area contributed by atoms with E-state index in [4.69, 9.17) is 9.05 Å². The minimum Gasteiger partial charge on any atom is -0.756 e. The molecule has 9 heteroatoms. The predicted octanol–water partition coefficient (Wildman–Crippen LogP) is 8.38. The van der Waals surface area contributed by atoms with Gasteiger partial charge in [0.1, 0.15) is 13.2 Å². The summed E-state index contributed by atoms with van der Waals surface area (Å²) in [5.74, 6) is -0.218. The van der Waals surface area contributed by atoms with E-state index in [-0.39, 0.29) is 12.5 Å². The van der Waals surface area contributed by atoms with E-state index in [2.05, 4.69) is 25.2 Å². The zero-order chi connectivity index (χ0) is 33.7.